The van der Waals surface area contributed by atoms with E-state index in [0.717, 1.165) is 5.75 Å². The molecule has 0 rings (SSSR count). The Morgan fingerprint density at radius 3 is 2.89 bits per heavy atom. The number of amides is 1. The van der Waals surface area contributed by atoms with E-state index in [4.69, 9.17) is 0 Å². The lowest BCUT2D eigenvalue weighted by atomic mass is 10.5. The van der Waals surface area contributed by atoms with E-state index in [1.165, 1.54) is 0 Å². The van der Waals surface area contributed by atoms with Crippen LogP contribution in [0.1, 0.15) is 0 Å². The number of rotatable bonds is 5. The van der Waals surface area contributed by atoms with Crippen molar-refractivity contribution in [2.75, 3.05) is 18.6 Å². The van der Waals surface area contributed by atoms with E-state index in [1.807, 2.05) is 18.4 Å². The minimum Gasteiger partial charge on any atom is -0.355 e. The van der Waals surface area contributed by atoms with Gasteiger partial charge in [0.2, 0.25) is 6.41 Å². The molecule has 0 aromatic rings. The molecule has 0 unspecified atom stereocenters. The Morgan fingerprint density at radius 2 is 2.33 bits per heavy atom. The second-order valence-corrected chi connectivity index (χ2v) is 2.36. The van der Waals surface area contributed by atoms with E-state index >= 15 is 0 Å². The molecule has 0 aliphatic carbocycles. The van der Waals surface area contributed by atoms with Gasteiger partial charge in [-0.05, 0) is 6.26 Å². The summed E-state index contributed by atoms with van der Waals surface area (Å²) < 4.78 is 0. The van der Waals surface area contributed by atoms with Gasteiger partial charge in [0.1, 0.15) is 0 Å². The molecular weight excluding hydrogens is 134 g/mol. The molecule has 52 valence electrons. The average molecular weight is 145 g/mol. The highest BCUT2D eigenvalue weighted by molar-refractivity contribution is 7.98. The predicted octanol–water partition coefficient (Wildman–Crippen LogP) is 0.652. The molecule has 0 aliphatic heterocycles. The fourth-order valence-corrected chi connectivity index (χ4v) is 0.692. The first-order valence-electron chi connectivity index (χ1n) is 2.72. The minimum absolute atomic E-state index is 0.643. The smallest absolute Gasteiger partial charge is 0.207 e. The molecule has 0 aliphatic rings. The van der Waals surface area contributed by atoms with Gasteiger partial charge in [0.05, 0.1) is 0 Å². The van der Waals surface area contributed by atoms with Crippen molar-refractivity contribution in [2.24, 2.45) is 0 Å². The maximum absolute atomic E-state index is 9.69. The first-order chi connectivity index (χ1) is 4.41. The molecule has 0 heterocycles. The lowest BCUT2D eigenvalue weighted by Crippen LogP contribution is -2.09. The molecule has 0 saturated heterocycles. The predicted molar refractivity (Wildman–Crippen MR) is 41.6 cm³/mol. The van der Waals surface area contributed by atoms with E-state index < -0.39 is 0 Å². The van der Waals surface area contributed by atoms with Crippen LogP contribution in [0.25, 0.3) is 0 Å². The van der Waals surface area contributed by atoms with Crippen LogP contribution in [0.4, 0.5) is 0 Å². The lowest BCUT2D eigenvalue weighted by Gasteiger charge is -1.87. The Kier molecular flexibility index (Phi) is 7.19. The zero-order valence-corrected chi connectivity index (χ0v) is 6.28. The molecule has 0 radical (unpaired) electrons. The van der Waals surface area contributed by atoms with Gasteiger partial charge in [-0.25, -0.2) is 0 Å². The summed E-state index contributed by atoms with van der Waals surface area (Å²) in [6.45, 7) is 0.643. The van der Waals surface area contributed by atoms with Crippen LogP contribution in [0, 0.1) is 0 Å². The van der Waals surface area contributed by atoms with Crippen molar-refractivity contribution < 1.29 is 4.79 Å². The van der Waals surface area contributed by atoms with Crippen LogP contribution in [-0.2, 0) is 4.79 Å². The van der Waals surface area contributed by atoms with Crippen molar-refractivity contribution in [3.05, 3.63) is 12.2 Å². The number of hydrogen-bond acceptors (Lipinski definition) is 2. The van der Waals surface area contributed by atoms with Crippen LogP contribution in [0.2, 0.25) is 0 Å². The zero-order valence-electron chi connectivity index (χ0n) is 5.46. The highest BCUT2D eigenvalue weighted by atomic mass is 32.2. The van der Waals surface area contributed by atoms with E-state index in [-0.39, 0.29) is 0 Å². The average Bonchev–Trinajstić information content (AvgIpc) is 1.89. The second-order valence-electron chi connectivity index (χ2n) is 1.45. The molecule has 0 bridgehead atoms. The standard InChI is InChI=1S/C6H11NOS/c1-9-5-3-2-4-7-6-8/h2-3,6H,4-5H2,1H3,(H,7,8). The Hall–Kier alpha value is -0.440. The Morgan fingerprint density at radius 1 is 1.56 bits per heavy atom. The molecule has 2 nitrogen and oxygen atoms in total. The Bertz CT molecular complexity index is 93.1. The molecule has 0 aromatic carbocycles. The van der Waals surface area contributed by atoms with E-state index in [2.05, 4.69) is 5.32 Å². The normalized spacial score (nSPS) is 9.89. The molecule has 0 aromatic heterocycles. The maximum Gasteiger partial charge on any atom is 0.207 e. The molecule has 1 amide bonds. The molecule has 0 saturated carbocycles. The van der Waals surface area contributed by atoms with Crippen LogP contribution in [0.15, 0.2) is 12.2 Å². The van der Waals surface area contributed by atoms with Crippen molar-refractivity contribution in [3.8, 4) is 0 Å². The summed E-state index contributed by atoms with van der Waals surface area (Å²) in [6.07, 6.45) is 6.70. The lowest BCUT2D eigenvalue weighted by molar-refractivity contribution is -0.109. The Balaban J connectivity index is 2.94. The van der Waals surface area contributed by atoms with Crippen LogP contribution >= 0.6 is 11.8 Å². The van der Waals surface area contributed by atoms with Crippen molar-refractivity contribution in [2.45, 2.75) is 0 Å². The number of carbonyl (C=O) groups excluding carboxylic acids is 1. The van der Waals surface area contributed by atoms with Gasteiger partial charge >= 0.3 is 0 Å². The third kappa shape index (κ3) is 7.56. The van der Waals surface area contributed by atoms with Crippen molar-refractivity contribution in [1.29, 1.82) is 0 Å². The second kappa shape index (κ2) is 7.56. The highest BCUT2D eigenvalue weighted by Gasteiger charge is 1.72. The van der Waals surface area contributed by atoms with Gasteiger partial charge in [0.15, 0.2) is 0 Å². The number of carbonyl (C=O) groups is 1. The largest absolute Gasteiger partial charge is 0.355 e. The van der Waals surface area contributed by atoms with Crippen LogP contribution in [0.5, 0.6) is 0 Å². The van der Waals surface area contributed by atoms with Crippen LogP contribution in [0.3, 0.4) is 0 Å². The number of thioether (sulfide) groups is 1. The fourth-order valence-electron chi connectivity index (χ4n) is 0.364. The molecule has 0 spiro atoms. The third-order valence-electron chi connectivity index (χ3n) is 0.749. The van der Waals surface area contributed by atoms with Crippen molar-refractivity contribution >= 4 is 18.2 Å². The maximum atomic E-state index is 9.69. The molecular formula is C6H11NOS. The van der Waals surface area contributed by atoms with Crippen LogP contribution in [-0.4, -0.2) is 25.0 Å². The molecule has 3 heteroatoms. The molecule has 0 fully saturated rings. The summed E-state index contributed by atoms with van der Waals surface area (Å²) in [4.78, 5) is 9.69. The fraction of sp³-hybridized carbons (Fsp3) is 0.500. The highest BCUT2D eigenvalue weighted by Crippen LogP contribution is 1.89. The van der Waals surface area contributed by atoms with Gasteiger partial charge in [-0.3, -0.25) is 4.79 Å². The van der Waals surface area contributed by atoms with Crippen molar-refractivity contribution in [1.82, 2.24) is 5.32 Å². The summed E-state index contributed by atoms with van der Waals surface area (Å²) in [7, 11) is 0. The minimum atomic E-state index is 0.643. The summed E-state index contributed by atoms with van der Waals surface area (Å²) >= 11 is 1.76. The molecule has 0 atom stereocenters. The zero-order chi connectivity index (χ0) is 6.95. The summed E-state index contributed by atoms with van der Waals surface area (Å²) in [5.41, 5.74) is 0. The van der Waals surface area contributed by atoms with Gasteiger partial charge in [0.25, 0.3) is 0 Å². The summed E-state index contributed by atoms with van der Waals surface area (Å²) in [5, 5.41) is 2.53. The van der Waals surface area contributed by atoms with E-state index in [1.54, 1.807) is 11.8 Å². The van der Waals surface area contributed by atoms with Gasteiger partial charge in [0, 0.05) is 12.3 Å². The van der Waals surface area contributed by atoms with Gasteiger partial charge in [-0.1, -0.05) is 12.2 Å². The first kappa shape index (κ1) is 8.56. The summed E-state index contributed by atoms with van der Waals surface area (Å²) in [5.74, 6) is 1.01. The Labute approximate surface area is 59.7 Å². The number of nitrogens with one attached hydrogen (secondary N) is 1. The third-order valence-corrected chi connectivity index (χ3v) is 1.27. The number of hydrogen-bond donors (Lipinski definition) is 1. The van der Waals surface area contributed by atoms with Gasteiger partial charge in [-0.2, -0.15) is 11.8 Å². The van der Waals surface area contributed by atoms with E-state index in [0.29, 0.717) is 13.0 Å². The van der Waals surface area contributed by atoms with Crippen LogP contribution < -0.4 is 5.32 Å². The summed E-state index contributed by atoms with van der Waals surface area (Å²) in [6, 6.07) is 0. The topological polar surface area (TPSA) is 29.1 Å². The monoisotopic (exact) mass is 145 g/mol. The molecule has 1 N–H and O–H groups in total. The van der Waals surface area contributed by atoms with Gasteiger partial charge in [-0.15, -0.1) is 0 Å². The quantitative estimate of drug-likeness (QED) is 0.349. The first-order valence-corrected chi connectivity index (χ1v) is 4.12. The van der Waals surface area contributed by atoms with E-state index in [9.17, 15) is 4.79 Å². The molecule has 9 heavy (non-hydrogen) atoms. The SMILES string of the molecule is CSCC=CCNC=O. The van der Waals surface area contributed by atoms with Crippen molar-refractivity contribution in [3.63, 3.8) is 0 Å². The van der Waals surface area contributed by atoms with Gasteiger partial charge < -0.3 is 5.32 Å².